The maximum atomic E-state index is 15.1. The number of fused-ring (bicyclic) bond motifs is 3. The smallest absolute Gasteiger partial charge is 0.266 e. The zero-order valence-corrected chi connectivity index (χ0v) is 37.7. The molecule has 0 aliphatic carbocycles. The van der Waals surface area contributed by atoms with Crippen molar-refractivity contribution in [3.8, 4) is 11.5 Å². The fourth-order valence-electron chi connectivity index (χ4n) is 9.71. The molecule has 0 saturated heterocycles. The van der Waals surface area contributed by atoms with Crippen LogP contribution in [0.5, 0.6) is 11.5 Å². The number of ether oxygens (including phenoxy) is 1. The standard InChI is InChI=1S/C53H53N3O7/c1-11-13-16-28(12-2)27-54-45(57)33-19-21-35-42-36(22-20-34(41(33)42)46(54)58)50(62)56(49(35)61)40-26-30(52(6,7)8)24-38-44(40)63-43-37(53(38,9)10)23-29(51(3,4)5)25-39(43)55-47(59)31-17-14-15-18-32(31)48(55)60/h14-15,17-26,28H,11-13,16,27H2,1-10H3. The first-order chi connectivity index (χ1) is 29.7. The van der Waals surface area contributed by atoms with Gasteiger partial charge in [-0.25, -0.2) is 9.80 Å². The Morgan fingerprint density at radius 1 is 0.556 bits per heavy atom. The summed E-state index contributed by atoms with van der Waals surface area (Å²) in [6.45, 7) is 21.0. The number of amides is 6. The van der Waals surface area contributed by atoms with Crippen LogP contribution in [0.4, 0.5) is 11.4 Å². The van der Waals surface area contributed by atoms with Crippen molar-refractivity contribution in [3.63, 3.8) is 0 Å². The van der Waals surface area contributed by atoms with Gasteiger partial charge in [0.2, 0.25) is 0 Å². The predicted octanol–water partition coefficient (Wildman–Crippen LogP) is 11.3. The Hall–Kier alpha value is -6.42. The second-order valence-corrected chi connectivity index (χ2v) is 20.1. The van der Waals surface area contributed by atoms with Gasteiger partial charge >= 0.3 is 0 Å². The first-order valence-corrected chi connectivity index (χ1v) is 22.1. The molecule has 10 heteroatoms. The fraction of sp³-hybridized carbons (Fsp3) is 0.358. The minimum absolute atomic E-state index is 0.155. The Kier molecular flexibility index (Phi) is 9.52. The maximum Gasteiger partial charge on any atom is 0.266 e. The number of benzene rings is 5. The highest BCUT2D eigenvalue weighted by atomic mass is 16.5. The highest BCUT2D eigenvalue weighted by molar-refractivity contribution is 6.39. The van der Waals surface area contributed by atoms with Crippen LogP contribution in [0.3, 0.4) is 0 Å². The average Bonchev–Trinajstić information content (AvgIpc) is 3.49. The van der Waals surface area contributed by atoms with Crippen LogP contribution in [0.15, 0.2) is 72.8 Å². The Morgan fingerprint density at radius 2 is 0.952 bits per heavy atom. The van der Waals surface area contributed by atoms with E-state index >= 15 is 9.59 Å². The van der Waals surface area contributed by atoms with Crippen molar-refractivity contribution in [1.82, 2.24) is 4.90 Å². The molecule has 63 heavy (non-hydrogen) atoms. The van der Waals surface area contributed by atoms with Crippen molar-refractivity contribution in [1.29, 1.82) is 0 Å². The zero-order valence-electron chi connectivity index (χ0n) is 37.7. The molecule has 0 spiro atoms. The molecule has 4 heterocycles. The van der Waals surface area contributed by atoms with Crippen molar-refractivity contribution in [2.24, 2.45) is 5.92 Å². The van der Waals surface area contributed by atoms with E-state index in [1.165, 1.54) is 9.80 Å². The van der Waals surface area contributed by atoms with Crippen LogP contribution in [0.2, 0.25) is 0 Å². The molecule has 322 valence electrons. The Balaban J connectivity index is 1.21. The van der Waals surface area contributed by atoms with E-state index < -0.39 is 51.7 Å². The lowest BCUT2D eigenvalue weighted by molar-refractivity contribution is 0.0578. The van der Waals surface area contributed by atoms with E-state index in [0.29, 0.717) is 28.6 Å². The lowest BCUT2D eigenvalue weighted by Crippen LogP contribution is -2.45. The molecule has 0 saturated carbocycles. The summed E-state index contributed by atoms with van der Waals surface area (Å²) >= 11 is 0. The summed E-state index contributed by atoms with van der Waals surface area (Å²) in [5.41, 5.74) is 3.51. The molecule has 1 unspecified atom stereocenters. The van der Waals surface area contributed by atoms with Crippen LogP contribution in [0, 0.1) is 5.92 Å². The Bertz CT molecular complexity index is 2800. The van der Waals surface area contributed by atoms with Crippen molar-refractivity contribution < 1.29 is 33.5 Å². The number of carbonyl (C=O) groups is 6. The summed E-state index contributed by atoms with van der Waals surface area (Å²) in [6.07, 6.45) is 3.74. The van der Waals surface area contributed by atoms with Gasteiger partial charge in [-0.3, -0.25) is 33.7 Å². The summed E-state index contributed by atoms with van der Waals surface area (Å²) in [7, 11) is 0. The number of nitrogens with zero attached hydrogens (tertiary/aromatic N) is 3. The quantitative estimate of drug-likeness (QED) is 0.143. The van der Waals surface area contributed by atoms with E-state index in [-0.39, 0.29) is 56.4 Å². The molecule has 5 aromatic rings. The summed E-state index contributed by atoms with van der Waals surface area (Å²) in [4.78, 5) is 90.5. The Morgan fingerprint density at radius 3 is 1.33 bits per heavy atom. The highest BCUT2D eigenvalue weighted by Crippen LogP contribution is 2.57. The van der Waals surface area contributed by atoms with E-state index in [9.17, 15) is 19.2 Å². The number of rotatable bonds is 8. The summed E-state index contributed by atoms with van der Waals surface area (Å²) < 4.78 is 7.01. The van der Waals surface area contributed by atoms with E-state index in [1.54, 1.807) is 48.5 Å². The van der Waals surface area contributed by atoms with Gasteiger partial charge in [-0.1, -0.05) is 113 Å². The van der Waals surface area contributed by atoms with Gasteiger partial charge in [0.1, 0.15) is 0 Å². The molecule has 1 atom stereocenters. The number of hydrogen-bond donors (Lipinski definition) is 0. The molecule has 4 aliphatic rings. The second-order valence-electron chi connectivity index (χ2n) is 20.1. The minimum Gasteiger partial charge on any atom is -0.452 e. The van der Waals surface area contributed by atoms with Gasteiger partial charge in [0.25, 0.3) is 35.4 Å². The summed E-state index contributed by atoms with van der Waals surface area (Å²) in [5, 5.41) is 0.599. The summed E-state index contributed by atoms with van der Waals surface area (Å²) in [6, 6.07) is 20.9. The molecular weight excluding hydrogens is 791 g/mol. The molecule has 6 amide bonds. The van der Waals surface area contributed by atoms with Crippen LogP contribution in [0.1, 0.15) is 179 Å². The van der Waals surface area contributed by atoms with Gasteiger partial charge in [0, 0.05) is 56.1 Å². The van der Waals surface area contributed by atoms with Crippen molar-refractivity contribution in [3.05, 3.63) is 128 Å². The summed E-state index contributed by atoms with van der Waals surface area (Å²) in [5.74, 6) is -2.40. The van der Waals surface area contributed by atoms with E-state index in [1.807, 2.05) is 26.0 Å². The van der Waals surface area contributed by atoms with Crippen molar-refractivity contribution in [2.45, 2.75) is 111 Å². The SMILES string of the molecule is CCCCC(CC)CN1C(=O)c2ccc3c4c(ccc(c24)C1=O)C(=O)N(c1cc(C(C)(C)C)cc2c1Oc1c(N4C(=O)c5ccccc5C4=O)cc(C(C)(C)C)cc1C2(C)C)C3=O. The predicted molar refractivity (Wildman–Crippen MR) is 244 cm³/mol. The molecule has 0 fully saturated rings. The number of anilines is 2. The first kappa shape index (κ1) is 41.9. The zero-order chi connectivity index (χ0) is 45.2. The minimum atomic E-state index is -0.839. The largest absolute Gasteiger partial charge is 0.452 e. The van der Waals surface area contributed by atoms with Gasteiger partial charge < -0.3 is 4.74 Å². The van der Waals surface area contributed by atoms with Crippen LogP contribution >= 0.6 is 0 Å². The third-order valence-electron chi connectivity index (χ3n) is 13.7. The lowest BCUT2D eigenvalue weighted by Gasteiger charge is -2.41. The molecule has 0 aromatic heterocycles. The van der Waals surface area contributed by atoms with Crippen LogP contribution in [-0.4, -0.2) is 46.9 Å². The van der Waals surface area contributed by atoms with Crippen molar-refractivity contribution >= 4 is 57.6 Å². The number of hydrogen-bond acceptors (Lipinski definition) is 7. The number of unbranched alkanes of at least 4 members (excludes halogenated alkanes) is 1. The van der Waals surface area contributed by atoms with Gasteiger partial charge in [-0.2, -0.15) is 0 Å². The molecule has 0 bridgehead atoms. The monoisotopic (exact) mass is 843 g/mol. The fourth-order valence-corrected chi connectivity index (χ4v) is 9.71. The highest BCUT2D eigenvalue weighted by Gasteiger charge is 2.47. The molecular formula is C53H53N3O7. The third kappa shape index (κ3) is 6.19. The normalized spacial score (nSPS) is 17.0. The Labute approximate surface area is 368 Å². The van der Waals surface area contributed by atoms with Crippen molar-refractivity contribution in [2.75, 3.05) is 16.3 Å². The number of imide groups is 3. The average molecular weight is 844 g/mol. The number of carbonyl (C=O) groups excluding carboxylic acids is 6. The third-order valence-corrected chi connectivity index (χ3v) is 13.7. The molecule has 9 rings (SSSR count). The van der Waals surface area contributed by atoms with E-state index in [0.717, 1.165) is 47.3 Å². The van der Waals surface area contributed by atoms with E-state index in [2.05, 4.69) is 67.5 Å². The first-order valence-electron chi connectivity index (χ1n) is 22.1. The second kappa shape index (κ2) is 14.3. The van der Waals surface area contributed by atoms with Gasteiger partial charge in [-0.15, -0.1) is 0 Å². The van der Waals surface area contributed by atoms with Gasteiger partial charge in [-0.05, 0) is 82.8 Å². The van der Waals surface area contributed by atoms with E-state index in [4.69, 9.17) is 4.74 Å². The van der Waals surface area contributed by atoms with Gasteiger partial charge in [0.15, 0.2) is 11.5 Å². The molecule has 4 aliphatic heterocycles. The molecule has 5 aromatic carbocycles. The topological polar surface area (TPSA) is 121 Å². The van der Waals surface area contributed by atoms with Crippen LogP contribution < -0.4 is 14.5 Å². The molecule has 0 N–H and O–H groups in total. The molecule has 10 nitrogen and oxygen atoms in total. The van der Waals surface area contributed by atoms with Gasteiger partial charge in [0.05, 0.1) is 22.5 Å². The van der Waals surface area contributed by atoms with Crippen LogP contribution in [-0.2, 0) is 16.2 Å². The van der Waals surface area contributed by atoms with Crippen LogP contribution in [0.25, 0.3) is 10.8 Å². The molecule has 0 radical (unpaired) electrons. The maximum absolute atomic E-state index is 15.1. The lowest BCUT2D eigenvalue weighted by atomic mass is 9.71.